The summed E-state index contributed by atoms with van der Waals surface area (Å²) < 4.78 is 4.57. The second-order valence-corrected chi connectivity index (χ2v) is 4.90. The summed E-state index contributed by atoms with van der Waals surface area (Å²) in [4.78, 5) is 10.9. The van der Waals surface area contributed by atoms with Crippen LogP contribution in [0.5, 0.6) is 0 Å². The topological polar surface area (TPSA) is 26.3 Å². The summed E-state index contributed by atoms with van der Waals surface area (Å²) in [5.74, 6) is -0.206. The quantitative estimate of drug-likeness (QED) is 0.327. The molecule has 0 aliphatic rings. The van der Waals surface area contributed by atoms with Gasteiger partial charge in [-0.2, -0.15) is 0 Å². The predicted molar refractivity (Wildman–Crippen MR) is 68.9 cm³/mol. The van der Waals surface area contributed by atoms with Gasteiger partial charge in [0.2, 0.25) is 0 Å². The Morgan fingerprint density at radius 2 is 1.69 bits per heavy atom. The largest absolute Gasteiger partial charge is 0.469 e. The Bertz CT molecular complexity index is 171. The third-order valence-corrected chi connectivity index (χ3v) is 3.11. The monoisotopic (exact) mass is 248 g/mol. The molecule has 1 unspecified atom stereocenters. The van der Waals surface area contributed by atoms with E-state index in [-0.39, 0.29) is 11.3 Å². The number of carbonyl (C=O) groups excluding carboxylic acids is 1. The minimum atomic E-state index is -0.206. The van der Waals surface area contributed by atoms with Gasteiger partial charge in [0.25, 0.3) is 0 Å². The van der Waals surface area contributed by atoms with Crippen LogP contribution in [0.2, 0.25) is 0 Å². The number of rotatable bonds is 10. The maximum absolute atomic E-state index is 10.9. The Kier molecular flexibility index (Phi) is 11.1. The number of alkyl halides is 1. The maximum atomic E-state index is 10.9. The number of unbranched alkanes of at least 4 members (excludes halogenated alkanes) is 6. The van der Waals surface area contributed by atoms with E-state index in [9.17, 15) is 4.79 Å². The van der Waals surface area contributed by atoms with Gasteiger partial charge in [-0.15, -0.1) is 11.6 Å². The van der Waals surface area contributed by atoms with E-state index in [0.717, 1.165) is 12.8 Å². The van der Waals surface area contributed by atoms with Crippen LogP contribution in [0.25, 0.3) is 0 Å². The lowest BCUT2D eigenvalue weighted by Crippen LogP contribution is -2.09. The minimum Gasteiger partial charge on any atom is -0.469 e. The number of halogens is 1. The average molecular weight is 249 g/mol. The van der Waals surface area contributed by atoms with Crippen LogP contribution < -0.4 is 0 Å². The van der Waals surface area contributed by atoms with Crippen LogP contribution in [0.3, 0.4) is 0 Å². The normalized spacial score (nSPS) is 12.4. The van der Waals surface area contributed by atoms with Crippen molar-refractivity contribution in [3.05, 3.63) is 0 Å². The number of esters is 1. The first-order chi connectivity index (χ1) is 7.70. The molecule has 0 radical (unpaired) electrons. The Balaban J connectivity index is 3.21. The molecule has 0 amide bonds. The van der Waals surface area contributed by atoms with Crippen LogP contribution >= 0.6 is 11.6 Å². The van der Waals surface area contributed by atoms with E-state index in [1.807, 2.05) is 0 Å². The van der Waals surface area contributed by atoms with Crippen molar-refractivity contribution in [2.24, 2.45) is 0 Å². The summed E-state index contributed by atoms with van der Waals surface area (Å²) >= 11 is 6.02. The summed E-state index contributed by atoms with van der Waals surface area (Å²) in [7, 11) is 1.40. The van der Waals surface area contributed by atoms with Gasteiger partial charge in [0, 0.05) is 5.38 Å². The second kappa shape index (κ2) is 11.3. The lowest BCUT2D eigenvalue weighted by atomic mass is 10.1. The minimum absolute atomic E-state index is 0.0527. The average Bonchev–Trinajstić information content (AvgIpc) is 2.27. The van der Waals surface area contributed by atoms with Crippen molar-refractivity contribution in [1.29, 1.82) is 0 Å². The van der Waals surface area contributed by atoms with Gasteiger partial charge in [0.05, 0.1) is 13.5 Å². The highest BCUT2D eigenvalue weighted by Crippen LogP contribution is 2.15. The highest BCUT2D eigenvalue weighted by molar-refractivity contribution is 6.21. The molecule has 1 atom stereocenters. The number of hydrogen-bond donors (Lipinski definition) is 0. The molecule has 0 aromatic carbocycles. The van der Waals surface area contributed by atoms with E-state index in [0.29, 0.717) is 6.42 Å². The van der Waals surface area contributed by atoms with E-state index in [4.69, 9.17) is 11.6 Å². The summed E-state index contributed by atoms with van der Waals surface area (Å²) in [6, 6.07) is 0. The lowest BCUT2D eigenvalue weighted by molar-refractivity contribution is -0.140. The molecule has 3 heteroatoms. The summed E-state index contributed by atoms with van der Waals surface area (Å²) in [6.45, 7) is 2.23. The first kappa shape index (κ1) is 15.8. The zero-order valence-electron chi connectivity index (χ0n) is 10.6. The molecule has 0 fully saturated rings. The fourth-order valence-electron chi connectivity index (χ4n) is 1.69. The molecule has 0 aromatic heterocycles. The van der Waals surface area contributed by atoms with E-state index < -0.39 is 0 Å². The van der Waals surface area contributed by atoms with Gasteiger partial charge in [0.15, 0.2) is 0 Å². The van der Waals surface area contributed by atoms with Crippen LogP contribution in [-0.4, -0.2) is 18.5 Å². The van der Waals surface area contributed by atoms with Gasteiger partial charge in [-0.05, 0) is 6.42 Å². The first-order valence-corrected chi connectivity index (χ1v) is 6.85. The molecule has 0 saturated carbocycles. The van der Waals surface area contributed by atoms with Crippen LogP contribution in [-0.2, 0) is 9.53 Å². The molecule has 0 saturated heterocycles. The predicted octanol–water partition coefficient (Wildman–Crippen LogP) is 4.30. The van der Waals surface area contributed by atoms with Gasteiger partial charge in [-0.25, -0.2) is 0 Å². The van der Waals surface area contributed by atoms with Crippen molar-refractivity contribution >= 4 is 17.6 Å². The van der Waals surface area contributed by atoms with Crippen molar-refractivity contribution in [2.45, 2.75) is 70.1 Å². The zero-order valence-corrected chi connectivity index (χ0v) is 11.4. The summed E-state index contributed by atoms with van der Waals surface area (Å²) in [6.07, 6.45) is 10.2. The molecule has 0 heterocycles. The number of carbonyl (C=O) groups is 1. The third-order valence-electron chi connectivity index (χ3n) is 2.74. The van der Waals surface area contributed by atoms with Crippen molar-refractivity contribution < 1.29 is 9.53 Å². The molecule has 0 aliphatic carbocycles. The highest BCUT2D eigenvalue weighted by atomic mass is 35.5. The second-order valence-electron chi connectivity index (χ2n) is 4.29. The number of methoxy groups -OCH3 is 1. The molecule has 0 aromatic rings. The first-order valence-electron chi connectivity index (χ1n) is 6.41. The summed E-state index contributed by atoms with van der Waals surface area (Å²) in [5, 5.41) is -0.0527. The van der Waals surface area contributed by atoms with Crippen molar-refractivity contribution in [3.8, 4) is 0 Å². The van der Waals surface area contributed by atoms with Crippen molar-refractivity contribution in [3.63, 3.8) is 0 Å². The molecule has 0 rings (SSSR count). The molecule has 0 bridgehead atoms. The van der Waals surface area contributed by atoms with E-state index in [1.165, 1.54) is 45.6 Å². The Hall–Kier alpha value is -0.240. The van der Waals surface area contributed by atoms with E-state index >= 15 is 0 Å². The van der Waals surface area contributed by atoms with Gasteiger partial charge in [-0.3, -0.25) is 4.79 Å². The summed E-state index contributed by atoms with van der Waals surface area (Å²) in [5.41, 5.74) is 0. The Labute approximate surface area is 105 Å². The fourth-order valence-corrected chi connectivity index (χ4v) is 1.97. The van der Waals surface area contributed by atoms with Gasteiger partial charge in [-0.1, -0.05) is 51.9 Å². The molecule has 96 valence electrons. The molecule has 0 aliphatic heterocycles. The molecule has 2 nitrogen and oxygen atoms in total. The third kappa shape index (κ3) is 10.3. The fraction of sp³-hybridized carbons (Fsp3) is 0.923. The number of ether oxygens (including phenoxy) is 1. The lowest BCUT2D eigenvalue weighted by Gasteiger charge is -2.07. The molecule has 0 N–H and O–H groups in total. The maximum Gasteiger partial charge on any atom is 0.307 e. The van der Waals surface area contributed by atoms with Gasteiger partial charge >= 0.3 is 5.97 Å². The van der Waals surface area contributed by atoms with Crippen molar-refractivity contribution in [1.82, 2.24) is 0 Å². The van der Waals surface area contributed by atoms with Crippen LogP contribution in [0.4, 0.5) is 0 Å². The molecule has 0 spiro atoms. The molecule has 16 heavy (non-hydrogen) atoms. The molecular formula is C13H25ClO2. The van der Waals surface area contributed by atoms with E-state index in [2.05, 4.69) is 11.7 Å². The standard InChI is InChI=1S/C13H25ClO2/c1-3-4-5-6-7-8-9-10-12(14)11-13(15)16-2/h12H,3-11H2,1-2H3. The number of hydrogen-bond acceptors (Lipinski definition) is 2. The Morgan fingerprint density at radius 1 is 1.12 bits per heavy atom. The van der Waals surface area contributed by atoms with Gasteiger partial charge < -0.3 is 4.74 Å². The van der Waals surface area contributed by atoms with Crippen LogP contribution in [0.1, 0.15) is 64.7 Å². The molecular weight excluding hydrogens is 224 g/mol. The SMILES string of the molecule is CCCCCCCCCC(Cl)CC(=O)OC. The highest BCUT2D eigenvalue weighted by Gasteiger charge is 2.10. The smallest absolute Gasteiger partial charge is 0.307 e. The van der Waals surface area contributed by atoms with Gasteiger partial charge in [0.1, 0.15) is 0 Å². The van der Waals surface area contributed by atoms with Crippen LogP contribution in [0, 0.1) is 0 Å². The zero-order chi connectivity index (χ0) is 12.2. The van der Waals surface area contributed by atoms with E-state index in [1.54, 1.807) is 0 Å². The van der Waals surface area contributed by atoms with Crippen molar-refractivity contribution in [2.75, 3.05) is 7.11 Å². The van der Waals surface area contributed by atoms with Crippen LogP contribution in [0.15, 0.2) is 0 Å². The Morgan fingerprint density at radius 3 is 2.25 bits per heavy atom.